The number of hydrogen-bond donors (Lipinski definition) is 1. The third-order valence-electron chi connectivity index (χ3n) is 3.73. The van der Waals surface area contributed by atoms with Crippen LogP contribution < -0.4 is 5.73 Å². The molecule has 0 aliphatic carbocycles. The molecule has 6 heteroatoms. The fraction of sp³-hybridized carbons (Fsp3) is 0.429. The molecular weight excluding hydrogens is 344 g/mol. The number of primary amides is 1. The minimum absolute atomic E-state index is 0.0770. The maximum absolute atomic E-state index is 12.6. The van der Waals surface area contributed by atoms with Crippen molar-refractivity contribution in [3.8, 4) is 0 Å². The molecule has 1 fully saturated rings. The standard InChI is InChI=1S/C14H16BrClN2O2/c1-8-5-6-9(13(17)19)7-18(8)14(20)10-3-2-4-11(15)12(10)16/h2-4,8-9H,5-7H2,1H3,(H2,17,19). The number of hydrogen-bond acceptors (Lipinski definition) is 2. The van der Waals surface area contributed by atoms with E-state index < -0.39 is 0 Å². The van der Waals surface area contributed by atoms with E-state index in [2.05, 4.69) is 15.9 Å². The molecule has 4 nitrogen and oxygen atoms in total. The molecule has 108 valence electrons. The molecule has 0 radical (unpaired) electrons. The summed E-state index contributed by atoms with van der Waals surface area (Å²) in [5.41, 5.74) is 5.80. The van der Waals surface area contributed by atoms with Crippen molar-refractivity contribution in [1.29, 1.82) is 0 Å². The number of benzene rings is 1. The number of carbonyl (C=O) groups excluding carboxylic acids is 2. The SMILES string of the molecule is CC1CCC(C(N)=O)CN1C(=O)c1cccc(Br)c1Cl. The second-order valence-electron chi connectivity index (χ2n) is 5.08. The van der Waals surface area contributed by atoms with Gasteiger partial charge in [-0.25, -0.2) is 0 Å². The number of carbonyl (C=O) groups is 2. The summed E-state index contributed by atoms with van der Waals surface area (Å²) in [6.45, 7) is 2.33. The van der Waals surface area contributed by atoms with Gasteiger partial charge in [0.05, 0.1) is 16.5 Å². The summed E-state index contributed by atoms with van der Waals surface area (Å²) < 4.78 is 0.682. The first-order chi connectivity index (χ1) is 9.41. The lowest BCUT2D eigenvalue weighted by Gasteiger charge is -2.37. The van der Waals surface area contributed by atoms with Crippen molar-refractivity contribution in [3.05, 3.63) is 33.3 Å². The van der Waals surface area contributed by atoms with E-state index in [4.69, 9.17) is 17.3 Å². The molecule has 0 bridgehead atoms. The Bertz CT molecular complexity index is 550. The third-order valence-corrected chi connectivity index (χ3v) is 5.02. The van der Waals surface area contributed by atoms with E-state index in [1.807, 2.05) is 6.92 Å². The van der Waals surface area contributed by atoms with E-state index >= 15 is 0 Å². The van der Waals surface area contributed by atoms with Crippen molar-refractivity contribution in [2.24, 2.45) is 11.7 Å². The Kier molecular flexibility index (Phi) is 4.70. The van der Waals surface area contributed by atoms with Gasteiger partial charge in [0.1, 0.15) is 0 Å². The molecule has 1 aromatic rings. The maximum Gasteiger partial charge on any atom is 0.255 e. The van der Waals surface area contributed by atoms with Crippen LogP contribution in [0.2, 0.25) is 5.02 Å². The first-order valence-corrected chi connectivity index (χ1v) is 7.63. The summed E-state index contributed by atoms with van der Waals surface area (Å²) >= 11 is 9.48. The van der Waals surface area contributed by atoms with E-state index in [1.165, 1.54) is 0 Å². The highest BCUT2D eigenvalue weighted by atomic mass is 79.9. The smallest absolute Gasteiger partial charge is 0.255 e. The van der Waals surface area contributed by atoms with Crippen LogP contribution >= 0.6 is 27.5 Å². The number of nitrogens with zero attached hydrogens (tertiary/aromatic N) is 1. The normalized spacial score (nSPS) is 22.6. The minimum Gasteiger partial charge on any atom is -0.369 e. The molecule has 0 aromatic heterocycles. The van der Waals surface area contributed by atoms with Crippen molar-refractivity contribution in [1.82, 2.24) is 4.90 Å². The van der Waals surface area contributed by atoms with Gasteiger partial charge >= 0.3 is 0 Å². The molecule has 2 N–H and O–H groups in total. The summed E-state index contributed by atoms with van der Waals surface area (Å²) in [6.07, 6.45) is 1.50. The van der Waals surface area contributed by atoms with Crippen LogP contribution in [-0.4, -0.2) is 29.3 Å². The average molecular weight is 360 g/mol. The lowest BCUT2D eigenvalue weighted by molar-refractivity contribution is -0.123. The van der Waals surface area contributed by atoms with Crippen LogP contribution in [0.1, 0.15) is 30.1 Å². The Balaban J connectivity index is 2.26. The van der Waals surface area contributed by atoms with E-state index in [0.717, 1.165) is 12.8 Å². The van der Waals surface area contributed by atoms with Gasteiger partial charge in [-0.1, -0.05) is 17.7 Å². The lowest BCUT2D eigenvalue weighted by Crippen LogP contribution is -2.48. The molecule has 2 amide bonds. The molecule has 0 spiro atoms. The Labute approximate surface area is 131 Å². The van der Waals surface area contributed by atoms with Gasteiger partial charge in [-0.3, -0.25) is 9.59 Å². The zero-order valence-electron chi connectivity index (χ0n) is 11.1. The van der Waals surface area contributed by atoms with E-state index in [9.17, 15) is 9.59 Å². The molecule has 2 rings (SSSR count). The highest BCUT2D eigenvalue weighted by molar-refractivity contribution is 9.10. The molecule has 2 unspecified atom stereocenters. The zero-order valence-corrected chi connectivity index (χ0v) is 13.4. The van der Waals surface area contributed by atoms with Crippen LogP contribution in [0.3, 0.4) is 0 Å². The van der Waals surface area contributed by atoms with Crippen molar-refractivity contribution < 1.29 is 9.59 Å². The van der Waals surface area contributed by atoms with Crippen molar-refractivity contribution in [3.63, 3.8) is 0 Å². The second kappa shape index (κ2) is 6.14. The van der Waals surface area contributed by atoms with Crippen LogP contribution in [0.4, 0.5) is 0 Å². The summed E-state index contributed by atoms with van der Waals surface area (Å²) in [7, 11) is 0. The van der Waals surface area contributed by atoms with E-state index in [0.29, 0.717) is 21.6 Å². The number of nitrogens with two attached hydrogens (primary N) is 1. The van der Waals surface area contributed by atoms with Crippen LogP contribution in [0.25, 0.3) is 0 Å². The zero-order chi connectivity index (χ0) is 14.9. The van der Waals surface area contributed by atoms with Gasteiger partial charge in [-0.05, 0) is 47.8 Å². The summed E-state index contributed by atoms with van der Waals surface area (Å²) in [5.74, 6) is -0.786. The van der Waals surface area contributed by atoms with E-state index in [1.54, 1.807) is 23.1 Å². The van der Waals surface area contributed by atoms with Crippen LogP contribution in [0.5, 0.6) is 0 Å². The molecule has 1 saturated heterocycles. The topological polar surface area (TPSA) is 63.4 Å². The first kappa shape index (κ1) is 15.3. The number of amides is 2. The molecule has 1 aliphatic rings. The van der Waals surface area contributed by atoms with Gasteiger partial charge < -0.3 is 10.6 Å². The molecular formula is C14H16BrClN2O2. The Morgan fingerprint density at radius 1 is 1.40 bits per heavy atom. The van der Waals surface area contributed by atoms with Crippen molar-refractivity contribution in [2.45, 2.75) is 25.8 Å². The van der Waals surface area contributed by atoms with Crippen LogP contribution in [0, 0.1) is 5.92 Å². The molecule has 1 heterocycles. The quantitative estimate of drug-likeness (QED) is 0.882. The van der Waals surface area contributed by atoms with Gasteiger partial charge in [-0.15, -0.1) is 0 Å². The van der Waals surface area contributed by atoms with Crippen molar-refractivity contribution >= 4 is 39.3 Å². The number of piperidine rings is 1. The third kappa shape index (κ3) is 2.99. The predicted octanol–water partition coefficient (Wildman–Crippen LogP) is 2.83. The highest BCUT2D eigenvalue weighted by Gasteiger charge is 2.32. The second-order valence-corrected chi connectivity index (χ2v) is 6.32. The molecule has 20 heavy (non-hydrogen) atoms. The molecule has 0 saturated carbocycles. The fourth-order valence-corrected chi connectivity index (χ4v) is 3.02. The molecule has 1 aromatic carbocycles. The van der Waals surface area contributed by atoms with Crippen LogP contribution in [-0.2, 0) is 4.79 Å². The first-order valence-electron chi connectivity index (χ1n) is 6.46. The molecule has 2 atom stereocenters. The fourth-order valence-electron chi connectivity index (χ4n) is 2.45. The van der Waals surface area contributed by atoms with Gasteiger partial charge in [-0.2, -0.15) is 0 Å². The Morgan fingerprint density at radius 3 is 2.75 bits per heavy atom. The van der Waals surface area contributed by atoms with Gasteiger partial charge in [0.2, 0.25) is 5.91 Å². The molecule has 1 aliphatic heterocycles. The average Bonchev–Trinajstić information content (AvgIpc) is 2.41. The van der Waals surface area contributed by atoms with Gasteiger partial charge in [0.15, 0.2) is 0 Å². The monoisotopic (exact) mass is 358 g/mol. The minimum atomic E-state index is -0.352. The van der Waals surface area contributed by atoms with Crippen molar-refractivity contribution in [2.75, 3.05) is 6.54 Å². The Morgan fingerprint density at radius 2 is 2.10 bits per heavy atom. The summed E-state index contributed by atoms with van der Waals surface area (Å²) in [5, 5.41) is 0.394. The van der Waals surface area contributed by atoms with Gasteiger partial charge in [0, 0.05) is 17.1 Å². The predicted molar refractivity (Wildman–Crippen MR) is 81.6 cm³/mol. The van der Waals surface area contributed by atoms with E-state index in [-0.39, 0.29) is 23.8 Å². The summed E-state index contributed by atoms with van der Waals surface area (Å²) in [4.78, 5) is 25.6. The number of halogens is 2. The lowest BCUT2D eigenvalue weighted by atomic mass is 9.92. The highest BCUT2D eigenvalue weighted by Crippen LogP contribution is 2.29. The largest absolute Gasteiger partial charge is 0.369 e. The number of rotatable bonds is 2. The number of likely N-dealkylation sites (tertiary alicyclic amines) is 1. The Hall–Kier alpha value is -1.07. The van der Waals surface area contributed by atoms with Gasteiger partial charge in [0.25, 0.3) is 5.91 Å². The van der Waals surface area contributed by atoms with Crippen LogP contribution in [0.15, 0.2) is 22.7 Å². The maximum atomic E-state index is 12.6. The summed E-state index contributed by atoms with van der Waals surface area (Å²) in [6, 6.07) is 5.32.